The van der Waals surface area contributed by atoms with E-state index in [2.05, 4.69) is 10.3 Å². The minimum Gasteiger partial charge on any atom is -0.431 e. The predicted octanol–water partition coefficient (Wildman–Crippen LogP) is 2.16. The van der Waals surface area contributed by atoms with Gasteiger partial charge in [-0.2, -0.15) is 17.7 Å². The molecular formula is C19H24F2N4O6S. The molecule has 2 N–H and O–H groups in total. The summed E-state index contributed by atoms with van der Waals surface area (Å²) in [5.74, 6) is -4.05. The highest BCUT2D eigenvalue weighted by atomic mass is 32.2. The van der Waals surface area contributed by atoms with E-state index in [1.807, 2.05) is 4.72 Å². The highest BCUT2D eigenvalue weighted by Crippen LogP contribution is 2.31. The van der Waals surface area contributed by atoms with Crippen molar-refractivity contribution in [2.24, 2.45) is 0 Å². The van der Waals surface area contributed by atoms with Crippen LogP contribution in [0.4, 0.5) is 20.5 Å². The summed E-state index contributed by atoms with van der Waals surface area (Å²) in [6.07, 6.45) is 0.492. The Hall–Kier alpha value is -2.61. The van der Waals surface area contributed by atoms with E-state index in [0.717, 1.165) is 17.5 Å². The first-order valence-corrected chi connectivity index (χ1v) is 11.1. The van der Waals surface area contributed by atoms with Crippen molar-refractivity contribution in [3.8, 4) is 0 Å². The molecule has 3 rings (SSSR count). The summed E-state index contributed by atoms with van der Waals surface area (Å²) < 4.78 is 71.0. The van der Waals surface area contributed by atoms with Gasteiger partial charge in [0.05, 0.1) is 19.3 Å². The molecule has 13 heteroatoms. The SMILES string of the molecule is COC1COCCN(S(=O)(=O)NC(=O)c2coc(Nc3cc(C(C)(F)F)ccc3C)n2)C1. The molecule has 2 heterocycles. The van der Waals surface area contributed by atoms with Gasteiger partial charge in [0.15, 0.2) is 5.69 Å². The summed E-state index contributed by atoms with van der Waals surface area (Å²) in [6.45, 7) is 2.93. The van der Waals surface area contributed by atoms with Gasteiger partial charge < -0.3 is 19.2 Å². The van der Waals surface area contributed by atoms with E-state index in [4.69, 9.17) is 13.9 Å². The zero-order valence-corrected chi connectivity index (χ0v) is 18.5. The van der Waals surface area contributed by atoms with Gasteiger partial charge in [-0.3, -0.25) is 4.79 Å². The first-order valence-electron chi connectivity index (χ1n) is 9.64. The fourth-order valence-corrected chi connectivity index (χ4v) is 4.07. The standard InChI is InChI=1S/C19H24F2N4O6S/c1-12-4-5-13(19(2,20)21)8-15(12)22-18-23-16(11-31-18)17(26)24-32(27,28)25-6-7-30-10-14(9-25)29-3/h4-5,8,11,14H,6-7,9-10H2,1-3H3,(H,22,23)(H,24,26). The summed E-state index contributed by atoms with van der Waals surface area (Å²) >= 11 is 0. The monoisotopic (exact) mass is 474 g/mol. The maximum Gasteiger partial charge on any atom is 0.304 e. The third-order valence-electron chi connectivity index (χ3n) is 4.81. The summed E-state index contributed by atoms with van der Waals surface area (Å²) in [5, 5.41) is 2.72. The lowest BCUT2D eigenvalue weighted by molar-refractivity contribution is 0.0175. The molecule has 1 unspecified atom stereocenters. The van der Waals surface area contributed by atoms with Gasteiger partial charge >= 0.3 is 10.2 Å². The van der Waals surface area contributed by atoms with E-state index in [1.54, 1.807) is 6.92 Å². The maximum atomic E-state index is 13.6. The Kier molecular flexibility index (Phi) is 7.12. The topological polar surface area (TPSA) is 123 Å². The minimum atomic E-state index is -4.19. The molecular weight excluding hydrogens is 450 g/mol. The molecule has 1 aromatic heterocycles. The Morgan fingerprint density at radius 1 is 1.38 bits per heavy atom. The first kappa shape index (κ1) is 24.0. The first-order chi connectivity index (χ1) is 15.0. The normalized spacial score (nSPS) is 18.2. The van der Waals surface area contributed by atoms with Crippen LogP contribution in [0, 0.1) is 6.92 Å². The molecule has 0 saturated carbocycles. The number of alkyl halides is 2. The Bertz CT molecular complexity index is 1070. The number of aryl methyl sites for hydroxylation is 1. The van der Waals surface area contributed by atoms with Gasteiger partial charge in [0, 0.05) is 38.4 Å². The van der Waals surface area contributed by atoms with Crippen molar-refractivity contribution < 1.29 is 35.9 Å². The summed E-state index contributed by atoms with van der Waals surface area (Å²) in [7, 11) is -2.75. The third-order valence-corrected chi connectivity index (χ3v) is 6.27. The van der Waals surface area contributed by atoms with Crippen LogP contribution >= 0.6 is 0 Å². The maximum absolute atomic E-state index is 13.6. The second kappa shape index (κ2) is 9.48. The van der Waals surface area contributed by atoms with Crippen LogP contribution in [0.15, 0.2) is 28.9 Å². The van der Waals surface area contributed by atoms with Crippen LogP contribution in [0.1, 0.15) is 28.5 Å². The van der Waals surface area contributed by atoms with Crippen LogP contribution < -0.4 is 10.0 Å². The van der Waals surface area contributed by atoms with Gasteiger partial charge in [-0.1, -0.05) is 12.1 Å². The van der Waals surface area contributed by atoms with Crippen LogP contribution in [0.5, 0.6) is 0 Å². The van der Waals surface area contributed by atoms with Crippen molar-refractivity contribution in [2.75, 3.05) is 38.7 Å². The number of oxazole rings is 1. The second-order valence-corrected chi connectivity index (χ2v) is 8.98. The lowest BCUT2D eigenvalue weighted by Gasteiger charge is -2.22. The number of rotatable bonds is 7. The molecule has 1 amide bonds. The number of carbonyl (C=O) groups excluding carboxylic acids is 1. The zero-order valence-electron chi connectivity index (χ0n) is 17.7. The molecule has 2 aromatic rings. The van der Waals surface area contributed by atoms with Crippen molar-refractivity contribution in [3.05, 3.63) is 41.3 Å². The van der Waals surface area contributed by atoms with Crippen molar-refractivity contribution in [2.45, 2.75) is 25.9 Å². The van der Waals surface area contributed by atoms with E-state index in [-0.39, 0.29) is 43.6 Å². The number of anilines is 2. The minimum absolute atomic E-state index is 0.0163. The number of benzene rings is 1. The van der Waals surface area contributed by atoms with E-state index < -0.39 is 28.1 Å². The van der Waals surface area contributed by atoms with Crippen LogP contribution in [-0.2, 0) is 25.6 Å². The van der Waals surface area contributed by atoms with Gasteiger partial charge in [-0.05, 0) is 18.6 Å². The molecule has 1 saturated heterocycles. The number of aromatic nitrogens is 1. The van der Waals surface area contributed by atoms with Crippen LogP contribution in [-0.4, -0.2) is 63.1 Å². The van der Waals surface area contributed by atoms with E-state index in [1.165, 1.54) is 25.3 Å². The lowest BCUT2D eigenvalue weighted by atomic mass is 10.1. The number of nitrogens with zero attached hydrogens (tertiary/aromatic N) is 2. The quantitative estimate of drug-likeness (QED) is 0.626. The van der Waals surface area contributed by atoms with Gasteiger partial charge in [0.2, 0.25) is 0 Å². The van der Waals surface area contributed by atoms with E-state index in [0.29, 0.717) is 11.3 Å². The van der Waals surface area contributed by atoms with Gasteiger partial charge in [0.25, 0.3) is 17.8 Å². The number of carbonyl (C=O) groups is 1. The number of amides is 1. The molecule has 0 radical (unpaired) electrons. The number of nitrogens with one attached hydrogen (secondary N) is 2. The molecule has 10 nitrogen and oxygen atoms in total. The Morgan fingerprint density at radius 3 is 2.81 bits per heavy atom. The van der Waals surface area contributed by atoms with Crippen molar-refractivity contribution in [3.63, 3.8) is 0 Å². The van der Waals surface area contributed by atoms with Crippen LogP contribution in [0.3, 0.4) is 0 Å². The molecule has 1 aromatic carbocycles. The average molecular weight is 474 g/mol. The molecule has 0 bridgehead atoms. The molecule has 0 aliphatic carbocycles. The van der Waals surface area contributed by atoms with Gasteiger partial charge in [-0.25, -0.2) is 13.5 Å². The van der Waals surface area contributed by atoms with E-state index in [9.17, 15) is 22.0 Å². The molecule has 0 spiro atoms. The lowest BCUT2D eigenvalue weighted by Crippen LogP contribution is -2.47. The smallest absolute Gasteiger partial charge is 0.304 e. The average Bonchev–Trinajstić information content (AvgIpc) is 3.03. The zero-order chi connectivity index (χ0) is 23.5. The Labute approximate surface area is 184 Å². The van der Waals surface area contributed by atoms with Gasteiger partial charge in [-0.15, -0.1) is 0 Å². The van der Waals surface area contributed by atoms with Crippen molar-refractivity contribution >= 4 is 27.8 Å². The number of hydrogen-bond donors (Lipinski definition) is 2. The fourth-order valence-electron chi connectivity index (χ4n) is 2.93. The predicted molar refractivity (Wildman–Crippen MR) is 110 cm³/mol. The van der Waals surface area contributed by atoms with Crippen molar-refractivity contribution in [1.29, 1.82) is 0 Å². The number of ether oxygens (including phenoxy) is 2. The summed E-state index contributed by atoms with van der Waals surface area (Å²) in [5.41, 5.74) is 0.429. The van der Waals surface area contributed by atoms with E-state index >= 15 is 0 Å². The molecule has 1 atom stereocenters. The molecule has 1 fully saturated rings. The number of hydrogen-bond acceptors (Lipinski definition) is 8. The highest BCUT2D eigenvalue weighted by molar-refractivity contribution is 7.87. The molecule has 1 aliphatic heterocycles. The second-order valence-electron chi connectivity index (χ2n) is 7.31. The number of methoxy groups -OCH3 is 1. The molecule has 32 heavy (non-hydrogen) atoms. The largest absolute Gasteiger partial charge is 0.431 e. The van der Waals surface area contributed by atoms with Crippen LogP contribution in [0.25, 0.3) is 0 Å². The summed E-state index contributed by atoms with van der Waals surface area (Å²) in [6, 6.07) is 3.91. The fraction of sp³-hybridized carbons (Fsp3) is 0.474. The van der Waals surface area contributed by atoms with Gasteiger partial charge in [0.1, 0.15) is 6.26 Å². The number of halogens is 2. The molecule has 176 valence electrons. The molecule has 1 aliphatic rings. The summed E-state index contributed by atoms with van der Waals surface area (Å²) in [4.78, 5) is 16.3. The Balaban J connectivity index is 1.71. The van der Waals surface area contributed by atoms with Crippen LogP contribution in [0.2, 0.25) is 0 Å². The highest BCUT2D eigenvalue weighted by Gasteiger charge is 2.30. The van der Waals surface area contributed by atoms with Crippen molar-refractivity contribution in [1.82, 2.24) is 14.0 Å². The Morgan fingerprint density at radius 2 is 2.12 bits per heavy atom. The third kappa shape index (κ3) is 5.79.